The van der Waals surface area contributed by atoms with Gasteiger partial charge in [-0.2, -0.15) is 6.07 Å². The van der Waals surface area contributed by atoms with Gasteiger partial charge in [0.1, 0.15) is 5.82 Å². The number of para-hydroxylation sites is 3. The first kappa shape index (κ1) is 41.9. The largest absolute Gasteiger partial charge is 0.509 e. The van der Waals surface area contributed by atoms with Gasteiger partial charge in [-0.25, -0.2) is 4.98 Å². The molecule has 0 aliphatic carbocycles. The molecule has 1 aliphatic rings. The van der Waals surface area contributed by atoms with Crippen molar-refractivity contribution in [1.82, 2.24) is 9.55 Å². The van der Waals surface area contributed by atoms with Crippen molar-refractivity contribution < 1.29 is 29.9 Å². The second-order valence-corrected chi connectivity index (χ2v) is 18.7. The van der Waals surface area contributed by atoms with Gasteiger partial charge in [0.25, 0.3) is 0 Å². The third-order valence-electron chi connectivity index (χ3n) is 13.2. The van der Waals surface area contributed by atoms with Gasteiger partial charge in [-0.3, -0.25) is 0 Å². The summed E-state index contributed by atoms with van der Waals surface area (Å²) < 4.78 is 34.9. The molecule has 71 heavy (non-hydrogen) atoms. The van der Waals surface area contributed by atoms with Crippen LogP contribution in [-0.4, -0.2) is 9.55 Å². The van der Waals surface area contributed by atoms with Crippen LogP contribution in [0.3, 0.4) is 0 Å². The van der Waals surface area contributed by atoms with Crippen molar-refractivity contribution in [2.45, 2.75) is 33.0 Å². The second kappa shape index (κ2) is 18.7. The van der Waals surface area contributed by atoms with Crippen molar-refractivity contribution in [2.75, 3.05) is 9.80 Å². The summed E-state index contributed by atoms with van der Waals surface area (Å²) in [4.78, 5) is 9.50. The van der Waals surface area contributed by atoms with Crippen molar-refractivity contribution in [3.63, 3.8) is 0 Å². The van der Waals surface area contributed by atoms with Gasteiger partial charge in [0.2, 0.25) is 0 Å². The van der Waals surface area contributed by atoms with Crippen LogP contribution in [0.1, 0.15) is 36.0 Å². The van der Waals surface area contributed by atoms with Crippen molar-refractivity contribution in [3.8, 4) is 61.8 Å². The molecule has 0 saturated carbocycles. The minimum atomic E-state index is -2.41. The molecule has 11 aromatic rings. The Labute approximate surface area is 434 Å². The summed E-state index contributed by atoms with van der Waals surface area (Å²) in [6.45, 7) is 6.37. The molecule has 2 aromatic heterocycles. The number of rotatable bonds is 9. The van der Waals surface area contributed by atoms with E-state index < -0.39 is 6.85 Å². The molecule has 1 aliphatic heterocycles. The van der Waals surface area contributed by atoms with Crippen LogP contribution in [-0.2, 0) is 26.5 Å². The van der Waals surface area contributed by atoms with Gasteiger partial charge in [-0.15, -0.1) is 53.6 Å². The predicted octanol–water partition coefficient (Wildman–Crippen LogP) is 17.3. The Morgan fingerprint density at radius 3 is 1.73 bits per heavy atom. The fourth-order valence-electron chi connectivity index (χ4n) is 9.70. The van der Waals surface area contributed by atoms with Gasteiger partial charge in [-0.05, 0) is 75.3 Å². The van der Waals surface area contributed by atoms with Crippen LogP contribution < -0.4 is 14.5 Å². The molecule has 348 valence electrons. The number of hydrogen-bond acceptors (Lipinski definition) is 4. The van der Waals surface area contributed by atoms with E-state index in [2.05, 4.69) is 201 Å². The normalized spacial score (nSPS) is 13.1. The molecule has 0 unspecified atom stereocenters. The third kappa shape index (κ3) is 8.51. The second-order valence-electron chi connectivity index (χ2n) is 18.7. The topological polar surface area (TPSA) is 33.5 Å². The average Bonchev–Trinajstić information content (AvgIpc) is 3.96. The Balaban J connectivity index is 0.00000588. The van der Waals surface area contributed by atoms with Crippen molar-refractivity contribution in [2.24, 2.45) is 0 Å². The molecule has 0 N–H and O–H groups in total. The summed E-state index contributed by atoms with van der Waals surface area (Å²) in [7, 11) is 0. The molecule has 0 bridgehead atoms. The zero-order valence-corrected chi connectivity index (χ0v) is 41.6. The van der Waals surface area contributed by atoms with Gasteiger partial charge in [0, 0.05) is 82.1 Å². The quantitative estimate of drug-likeness (QED) is 0.135. The Hall–Kier alpha value is -7.98. The number of aryl methyl sites for hydroxylation is 1. The molecule has 0 amide bonds. The van der Waals surface area contributed by atoms with Gasteiger partial charge in [-0.1, -0.05) is 190 Å². The summed E-state index contributed by atoms with van der Waals surface area (Å²) >= 11 is 0. The Kier molecular flexibility index (Phi) is 11.1. The molecular weight excluding hydrogens is 1050 g/mol. The van der Waals surface area contributed by atoms with Crippen LogP contribution in [0, 0.1) is 25.7 Å². The van der Waals surface area contributed by atoms with Crippen LogP contribution >= 0.6 is 0 Å². The number of fused-ring (bicyclic) bond motifs is 4. The fourth-order valence-corrected chi connectivity index (χ4v) is 9.70. The molecule has 0 fully saturated rings. The smallest absolute Gasteiger partial charge is 0.135 e. The summed E-state index contributed by atoms with van der Waals surface area (Å²) in [5.74, 6) is 1.47. The number of hydrogen-bond donors (Lipinski definition) is 0. The van der Waals surface area contributed by atoms with E-state index in [0.29, 0.717) is 28.4 Å². The van der Waals surface area contributed by atoms with E-state index in [9.17, 15) is 0 Å². The van der Waals surface area contributed by atoms with Crippen LogP contribution in [0.4, 0.5) is 22.7 Å². The molecule has 0 radical (unpaired) electrons. The number of ether oxygens (including phenoxy) is 1. The van der Waals surface area contributed by atoms with E-state index in [0.717, 1.165) is 83.5 Å². The molecule has 0 atom stereocenters. The predicted molar refractivity (Wildman–Crippen MR) is 289 cm³/mol. The Morgan fingerprint density at radius 2 is 1.11 bits per heavy atom. The SMILES string of the molecule is [2H]C([2H])([2H])c1cc(-n2c3[c-]c(Oc4[c-]c(N5[CH-]N(c6c(-c7ccccc7)cccc6-c6ccccc6)c6ccccc65)cc(C(C)(C)C)c4)ccc3c3cc(-c4ccccc4)ccc32)ncc1-c1ccccc1.[Pt]. The first-order valence-corrected chi connectivity index (χ1v) is 23.6. The van der Waals surface area contributed by atoms with Gasteiger partial charge >= 0.3 is 0 Å². The molecule has 6 heteroatoms. The van der Waals surface area contributed by atoms with E-state index in [4.69, 9.17) is 13.8 Å². The van der Waals surface area contributed by atoms with Gasteiger partial charge < -0.3 is 19.1 Å². The molecule has 0 spiro atoms. The zero-order valence-electron chi connectivity index (χ0n) is 42.4. The molecule has 3 heterocycles. The average molecular weight is 1100 g/mol. The number of nitrogens with zero attached hydrogens (tertiary/aromatic N) is 4. The molecule has 5 nitrogen and oxygen atoms in total. The third-order valence-corrected chi connectivity index (χ3v) is 13.2. The molecule has 0 saturated heterocycles. The van der Waals surface area contributed by atoms with Crippen molar-refractivity contribution in [3.05, 3.63) is 248 Å². The molecule has 9 aromatic carbocycles. The summed E-state index contributed by atoms with van der Waals surface area (Å²) in [5.41, 5.74) is 14.5. The maximum Gasteiger partial charge on any atom is 0.135 e. The summed E-state index contributed by atoms with van der Waals surface area (Å²) in [6.07, 6.45) is 1.68. The van der Waals surface area contributed by atoms with Crippen LogP contribution in [0.15, 0.2) is 219 Å². The summed E-state index contributed by atoms with van der Waals surface area (Å²) in [6, 6.07) is 79.6. The minimum absolute atomic E-state index is 0. The number of pyridine rings is 1. The maximum atomic E-state index is 8.68. The van der Waals surface area contributed by atoms with Gasteiger partial charge in [0.05, 0.1) is 0 Å². The number of aromatic nitrogens is 2. The van der Waals surface area contributed by atoms with Gasteiger partial charge in [0.15, 0.2) is 0 Å². The summed E-state index contributed by atoms with van der Waals surface area (Å²) in [5, 5.41) is 1.90. The zero-order chi connectivity index (χ0) is 49.8. The molecule has 12 rings (SSSR count). The van der Waals surface area contributed by atoms with E-state index >= 15 is 0 Å². The standard InChI is InChI=1S/C65H49N4O.Pt/c1-44-36-63(66-42-58(44)48-26-15-8-16-27-48)69-59-35-32-49(45-20-9-5-10-21-45)37-57(59)56-34-33-52(41-62(56)69)70-53-39-50(65(2,3)4)38-51(40-53)67-43-68(61-31-18-17-30-60(61)67)64-54(46-22-11-6-12-23-46)28-19-29-55(64)47-24-13-7-14-25-47;/h5-39,42-43H,1-4H3;/q-3;/i1D3;. The first-order valence-electron chi connectivity index (χ1n) is 25.1. The Morgan fingerprint density at radius 1 is 0.521 bits per heavy atom. The van der Waals surface area contributed by atoms with E-state index in [1.165, 1.54) is 0 Å². The van der Waals surface area contributed by atoms with Crippen LogP contribution in [0.5, 0.6) is 11.5 Å². The first-order chi connectivity index (χ1) is 35.5. The maximum absolute atomic E-state index is 8.68. The fraction of sp³-hybridized carbons (Fsp3) is 0.0769. The number of benzene rings is 9. The Bertz CT molecular complexity index is 3780. The molecular formula is C65H49N4OPt-3. The van der Waals surface area contributed by atoms with E-state index in [1.807, 2.05) is 59.2 Å². The van der Waals surface area contributed by atoms with Crippen molar-refractivity contribution in [1.29, 1.82) is 0 Å². The van der Waals surface area contributed by atoms with Crippen LogP contribution in [0.25, 0.3) is 72.1 Å². The van der Waals surface area contributed by atoms with E-state index in [-0.39, 0.29) is 32.0 Å². The van der Waals surface area contributed by atoms with Crippen molar-refractivity contribution >= 4 is 44.6 Å². The number of anilines is 4. The monoisotopic (exact) mass is 1100 g/mol. The van der Waals surface area contributed by atoms with E-state index in [1.54, 1.807) is 12.3 Å². The minimum Gasteiger partial charge on any atom is -0.509 e. The van der Waals surface area contributed by atoms with Crippen LogP contribution in [0.2, 0.25) is 0 Å².